The highest BCUT2D eigenvalue weighted by atomic mass is 16.7. The lowest BCUT2D eigenvalue weighted by Gasteiger charge is -2.38. The number of rotatable bonds is 5. The number of ether oxygens (including phenoxy) is 2. The molecule has 172 valence electrons. The summed E-state index contributed by atoms with van der Waals surface area (Å²) in [5, 5.41) is 61.6. The second kappa shape index (κ2) is 9.08. The number of phenolic OH excluding ortho intramolecular Hbond substituents is 2. The summed E-state index contributed by atoms with van der Waals surface area (Å²) in [4.78, 5) is 11.4. The molecule has 5 atom stereocenters. The van der Waals surface area contributed by atoms with Gasteiger partial charge in [-0.2, -0.15) is 0 Å². The summed E-state index contributed by atoms with van der Waals surface area (Å²) >= 11 is 0. The Bertz CT molecular complexity index is 1130. The lowest BCUT2D eigenvalue weighted by atomic mass is 9.96. The monoisotopic (exact) mass is 454 g/mol. The van der Waals surface area contributed by atoms with Gasteiger partial charge in [-0.1, -0.05) is 60.7 Å². The minimum absolute atomic E-state index is 0.0472. The molecule has 1 aliphatic rings. The van der Waals surface area contributed by atoms with Gasteiger partial charge in [-0.15, -0.1) is 0 Å². The zero-order valence-corrected chi connectivity index (χ0v) is 17.1. The van der Waals surface area contributed by atoms with Gasteiger partial charge in [0.25, 0.3) is 0 Å². The first kappa shape index (κ1) is 22.6. The molecule has 1 aliphatic heterocycles. The summed E-state index contributed by atoms with van der Waals surface area (Å²) < 4.78 is 10.9. The fourth-order valence-corrected chi connectivity index (χ4v) is 3.74. The standard InChI is InChI=1S/C24H22O9/c25-15-11-14(12-7-3-1-4-8-12)21(17(26)16(15)13-9-5-2-6-10-13)32-24-20(29)18(27)19(28)22(33-24)23(30)31/h1-11,18-20,22,24-29H,(H,30,31)/t18-,19-,20+,22-,24-/m0/s1. The first-order valence-corrected chi connectivity index (χ1v) is 10.1. The first-order chi connectivity index (χ1) is 15.8. The van der Waals surface area contributed by atoms with Gasteiger partial charge in [0.2, 0.25) is 6.29 Å². The Morgan fingerprint density at radius 1 is 0.818 bits per heavy atom. The Balaban J connectivity index is 1.84. The number of hydrogen-bond donors (Lipinski definition) is 6. The predicted octanol–water partition coefficient (Wildman–Crippen LogP) is 1.70. The van der Waals surface area contributed by atoms with Crippen molar-refractivity contribution in [3.8, 4) is 39.5 Å². The van der Waals surface area contributed by atoms with E-state index in [-0.39, 0.29) is 22.6 Å². The average molecular weight is 454 g/mol. The van der Waals surface area contributed by atoms with Crippen molar-refractivity contribution < 1.29 is 44.9 Å². The molecule has 0 aromatic heterocycles. The van der Waals surface area contributed by atoms with Gasteiger partial charge < -0.3 is 40.1 Å². The number of carbonyl (C=O) groups is 1. The minimum atomic E-state index is -1.89. The molecule has 3 aromatic rings. The van der Waals surface area contributed by atoms with Crippen LogP contribution in [0, 0.1) is 0 Å². The van der Waals surface area contributed by atoms with E-state index in [0.717, 1.165) is 0 Å². The van der Waals surface area contributed by atoms with Crippen LogP contribution in [0.4, 0.5) is 0 Å². The lowest BCUT2D eigenvalue weighted by molar-refractivity contribution is -0.271. The smallest absolute Gasteiger partial charge is 0.335 e. The fourth-order valence-electron chi connectivity index (χ4n) is 3.74. The third-order valence-electron chi connectivity index (χ3n) is 5.43. The maximum absolute atomic E-state index is 11.4. The number of aliphatic carboxylic acids is 1. The Hall–Kier alpha value is -3.63. The van der Waals surface area contributed by atoms with Gasteiger partial charge in [-0.05, 0) is 17.2 Å². The van der Waals surface area contributed by atoms with Crippen LogP contribution in [0.1, 0.15) is 0 Å². The highest BCUT2D eigenvalue weighted by Crippen LogP contribution is 2.49. The minimum Gasteiger partial charge on any atom is -0.507 e. The third kappa shape index (κ3) is 4.22. The second-order valence-electron chi connectivity index (χ2n) is 7.58. The van der Waals surface area contributed by atoms with E-state index in [1.54, 1.807) is 60.7 Å². The molecule has 0 aliphatic carbocycles. The fraction of sp³-hybridized carbons (Fsp3) is 0.208. The van der Waals surface area contributed by atoms with Crippen LogP contribution < -0.4 is 4.74 Å². The predicted molar refractivity (Wildman–Crippen MR) is 116 cm³/mol. The molecule has 1 saturated heterocycles. The molecular weight excluding hydrogens is 432 g/mol. The molecule has 0 saturated carbocycles. The van der Waals surface area contributed by atoms with Crippen LogP contribution in [0.2, 0.25) is 0 Å². The van der Waals surface area contributed by atoms with E-state index in [9.17, 15) is 35.4 Å². The zero-order valence-electron chi connectivity index (χ0n) is 17.1. The lowest BCUT2D eigenvalue weighted by Crippen LogP contribution is -2.61. The maximum atomic E-state index is 11.4. The quantitative estimate of drug-likeness (QED) is 0.338. The molecule has 1 fully saturated rings. The van der Waals surface area contributed by atoms with Crippen LogP contribution in [0.5, 0.6) is 17.2 Å². The van der Waals surface area contributed by atoms with Crippen molar-refractivity contribution >= 4 is 5.97 Å². The summed E-state index contributed by atoms with van der Waals surface area (Å²) in [7, 11) is 0. The molecule has 4 rings (SSSR count). The molecular formula is C24H22O9. The summed E-state index contributed by atoms with van der Waals surface area (Å²) in [6.07, 6.45) is -9.21. The van der Waals surface area contributed by atoms with E-state index in [1.807, 2.05) is 0 Å². The zero-order chi connectivity index (χ0) is 23.7. The van der Waals surface area contributed by atoms with Crippen molar-refractivity contribution in [3.05, 3.63) is 66.7 Å². The van der Waals surface area contributed by atoms with Gasteiger partial charge in [0, 0.05) is 5.56 Å². The molecule has 0 bridgehead atoms. The van der Waals surface area contributed by atoms with Gasteiger partial charge in [0.1, 0.15) is 24.1 Å². The third-order valence-corrected chi connectivity index (χ3v) is 5.43. The Morgan fingerprint density at radius 3 is 1.97 bits per heavy atom. The van der Waals surface area contributed by atoms with E-state index in [4.69, 9.17) is 9.47 Å². The number of carboxylic acids is 1. The van der Waals surface area contributed by atoms with Gasteiger partial charge in [-0.25, -0.2) is 4.79 Å². The molecule has 9 heteroatoms. The van der Waals surface area contributed by atoms with Crippen molar-refractivity contribution in [2.24, 2.45) is 0 Å². The molecule has 0 amide bonds. The summed E-state index contributed by atoms with van der Waals surface area (Å²) in [5.74, 6) is -2.50. The second-order valence-corrected chi connectivity index (χ2v) is 7.58. The number of aliphatic hydroxyl groups excluding tert-OH is 3. The Kier molecular flexibility index (Phi) is 6.21. The average Bonchev–Trinajstić information content (AvgIpc) is 2.81. The maximum Gasteiger partial charge on any atom is 0.335 e. The summed E-state index contributed by atoms with van der Waals surface area (Å²) in [5.41, 5.74) is 1.29. The van der Waals surface area contributed by atoms with Crippen molar-refractivity contribution in [1.29, 1.82) is 0 Å². The van der Waals surface area contributed by atoms with Crippen LogP contribution >= 0.6 is 0 Å². The van der Waals surface area contributed by atoms with Crippen molar-refractivity contribution in [1.82, 2.24) is 0 Å². The van der Waals surface area contributed by atoms with Gasteiger partial charge >= 0.3 is 5.97 Å². The van der Waals surface area contributed by atoms with Crippen LogP contribution in [0.3, 0.4) is 0 Å². The Labute approximate surface area is 188 Å². The van der Waals surface area contributed by atoms with Gasteiger partial charge in [0.15, 0.2) is 17.6 Å². The molecule has 0 unspecified atom stereocenters. The molecule has 0 spiro atoms. The van der Waals surface area contributed by atoms with Crippen LogP contribution in [0.25, 0.3) is 22.3 Å². The molecule has 33 heavy (non-hydrogen) atoms. The van der Waals surface area contributed by atoms with Crippen LogP contribution in [-0.2, 0) is 9.53 Å². The number of aromatic hydroxyl groups is 2. The van der Waals surface area contributed by atoms with Crippen molar-refractivity contribution in [2.75, 3.05) is 0 Å². The molecule has 9 nitrogen and oxygen atoms in total. The summed E-state index contributed by atoms with van der Waals surface area (Å²) in [6.45, 7) is 0. The molecule has 6 N–H and O–H groups in total. The topological polar surface area (TPSA) is 157 Å². The number of phenols is 2. The number of hydrogen-bond acceptors (Lipinski definition) is 8. The Morgan fingerprint density at radius 2 is 1.39 bits per heavy atom. The van der Waals surface area contributed by atoms with Crippen LogP contribution in [0.15, 0.2) is 66.7 Å². The van der Waals surface area contributed by atoms with Gasteiger partial charge in [0.05, 0.1) is 5.56 Å². The SMILES string of the molecule is O=C(O)[C@H]1O[C@H](Oc2c(-c3ccccc3)cc(O)c(-c3ccccc3)c2O)[C@H](O)[C@@H](O)[C@@H]1O. The van der Waals surface area contributed by atoms with E-state index in [0.29, 0.717) is 11.1 Å². The normalized spacial score (nSPS) is 24.9. The van der Waals surface area contributed by atoms with Gasteiger partial charge in [-0.3, -0.25) is 0 Å². The number of benzene rings is 3. The van der Waals surface area contributed by atoms with E-state index in [1.165, 1.54) is 6.07 Å². The van der Waals surface area contributed by atoms with E-state index in [2.05, 4.69) is 0 Å². The highest BCUT2D eigenvalue weighted by Gasteiger charge is 2.48. The largest absolute Gasteiger partial charge is 0.507 e. The van der Waals surface area contributed by atoms with E-state index >= 15 is 0 Å². The molecule has 0 radical (unpaired) electrons. The molecule has 1 heterocycles. The van der Waals surface area contributed by atoms with Crippen LogP contribution in [-0.4, -0.2) is 67.3 Å². The number of carboxylic acid groups (broad SMARTS) is 1. The van der Waals surface area contributed by atoms with E-state index < -0.39 is 42.4 Å². The van der Waals surface area contributed by atoms with Crippen molar-refractivity contribution in [3.63, 3.8) is 0 Å². The first-order valence-electron chi connectivity index (χ1n) is 10.1. The summed E-state index contributed by atoms with van der Waals surface area (Å²) in [6, 6.07) is 18.5. The number of aliphatic hydroxyl groups is 3. The molecule has 3 aromatic carbocycles. The van der Waals surface area contributed by atoms with Crippen molar-refractivity contribution in [2.45, 2.75) is 30.7 Å². The highest BCUT2D eigenvalue weighted by molar-refractivity contribution is 5.87.